The summed E-state index contributed by atoms with van der Waals surface area (Å²) in [6.07, 6.45) is 1.52. The van der Waals surface area contributed by atoms with Crippen LogP contribution in [0.3, 0.4) is 0 Å². The van der Waals surface area contributed by atoms with E-state index in [9.17, 15) is 9.59 Å². The number of aryl methyl sites for hydroxylation is 1. The average Bonchev–Trinajstić information content (AvgIpc) is 2.51. The third-order valence-electron chi connectivity index (χ3n) is 3.55. The van der Waals surface area contributed by atoms with Crippen molar-refractivity contribution in [1.82, 2.24) is 9.88 Å². The first-order valence-corrected chi connectivity index (χ1v) is 7.45. The monoisotopic (exact) mass is 329 g/mol. The van der Waals surface area contributed by atoms with E-state index in [1.807, 2.05) is 25.1 Å². The number of halogens is 1. The maximum atomic E-state index is 12.1. The molecule has 0 aliphatic carbocycles. The number of carbonyl (C=O) groups excluding carboxylic acids is 1. The maximum Gasteiger partial charge on any atom is 0.269 e. The molecule has 0 bridgehead atoms. The summed E-state index contributed by atoms with van der Waals surface area (Å²) in [7, 11) is 0. The van der Waals surface area contributed by atoms with Gasteiger partial charge in [0, 0.05) is 11.2 Å². The first-order valence-electron chi connectivity index (χ1n) is 7.07. The minimum atomic E-state index is -0.457. The summed E-state index contributed by atoms with van der Waals surface area (Å²) in [5.41, 5.74) is 1.12. The molecule has 0 saturated carbocycles. The maximum absolute atomic E-state index is 12.1. The number of nitriles is 1. The summed E-state index contributed by atoms with van der Waals surface area (Å²) in [6.45, 7) is 3.40. The van der Waals surface area contributed by atoms with E-state index in [2.05, 4.69) is 5.32 Å². The number of hydrogen-bond donors (Lipinski definition) is 1. The Balaban J connectivity index is 2.10. The Labute approximate surface area is 139 Å². The zero-order valence-electron chi connectivity index (χ0n) is 12.8. The molecule has 1 unspecified atom stereocenters. The molecule has 2 rings (SSSR count). The summed E-state index contributed by atoms with van der Waals surface area (Å²) >= 11 is 5.84. The smallest absolute Gasteiger partial charge is 0.269 e. The zero-order valence-corrected chi connectivity index (χ0v) is 13.6. The highest BCUT2D eigenvalue weighted by atomic mass is 35.5. The van der Waals surface area contributed by atoms with Crippen LogP contribution >= 0.6 is 11.6 Å². The molecule has 1 amide bonds. The van der Waals surface area contributed by atoms with Gasteiger partial charge < -0.3 is 9.88 Å². The van der Waals surface area contributed by atoms with Crippen molar-refractivity contribution in [3.63, 3.8) is 0 Å². The van der Waals surface area contributed by atoms with E-state index in [1.54, 1.807) is 25.1 Å². The van der Waals surface area contributed by atoms with Crippen LogP contribution in [0.15, 0.2) is 41.3 Å². The van der Waals surface area contributed by atoms with Gasteiger partial charge in [0.2, 0.25) is 5.91 Å². The molecule has 118 valence electrons. The van der Waals surface area contributed by atoms with Gasteiger partial charge in [-0.1, -0.05) is 23.7 Å². The lowest BCUT2D eigenvalue weighted by molar-refractivity contribution is -0.122. The lowest BCUT2D eigenvalue weighted by Crippen LogP contribution is -2.34. The number of nitrogens with one attached hydrogen (secondary N) is 1. The number of aromatic nitrogens is 1. The van der Waals surface area contributed by atoms with E-state index in [0.29, 0.717) is 10.6 Å². The van der Waals surface area contributed by atoms with Crippen LogP contribution < -0.4 is 10.9 Å². The van der Waals surface area contributed by atoms with Crippen molar-refractivity contribution in [1.29, 1.82) is 5.26 Å². The number of amides is 1. The molecule has 1 heterocycles. The molecule has 1 aromatic carbocycles. The Morgan fingerprint density at radius 2 is 2.00 bits per heavy atom. The largest absolute Gasteiger partial charge is 0.348 e. The molecular weight excluding hydrogens is 314 g/mol. The van der Waals surface area contributed by atoms with Crippen molar-refractivity contribution in [2.45, 2.75) is 26.4 Å². The van der Waals surface area contributed by atoms with Crippen molar-refractivity contribution >= 4 is 17.5 Å². The normalized spacial score (nSPS) is 11.6. The minimum absolute atomic E-state index is 0.0612. The van der Waals surface area contributed by atoms with Gasteiger partial charge in [-0.2, -0.15) is 5.26 Å². The molecule has 0 radical (unpaired) electrons. The van der Waals surface area contributed by atoms with Crippen LogP contribution in [0.5, 0.6) is 0 Å². The van der Waals surface area contributed by atoms with Crippen LogP contribution in [0.25, 0.3) is 0 Å². The zero-order chi connectivity index (χ0) is 17.0. The summed E-state index contributed by atoms with van der Waals surface area (Å²) < 4.78 is 1.23. The van der Waals surface area contributed by atoms with E-state index < -0.39 is 5.56 Å². The topological polar surface area (TPSA) is 74.9 Å². The van der Waals surface area contributed by atoms with Gasteiger partial charge in [-0.05, 0) is 43.2 Å². The summed E-state index contributed by atoms with van der Waals surface area (Å²) in [5.74, 6) is -0.303. The van der Waals surface area contributed by atoms with Crippen molar-refractivity contribution in [2.24, 2.45) is 0 Å². The van der Waals surface area contributed by atoms with E-state index in [4.69, 9.17) is 16.9 Å². The second kappa shape index (κ2) is 7.12. The minimum Gasteiger partial charge on any atom is -0.348 e. The Morgan fingerprint density at radius 3 is 2.61 bits per heavy atom. The van der Waals surface area contributed by atoms with E-state index >= 15 is 0 Å². The van der Waals surface area contributed by atoms with Gasteiger partial charge >= 0.3 is 0 Å². The molecule has 2 aromatic rings. The molecular formula is C17H16ClN3O2. The number of carbonyl (C=O) groups is 1. The molecule has 0 spiro atoms. The van der Waals surface area contributed by atoms with Crippen LogP contribution in [-0.4, -0.2) is 10.5 Å². The fourth-order valence-electron chi connectivity index (χ4n) is 2.20. The van der Waals surface area contributed by atoms with Crippen LogP contribution in [0, 0.1) is 18.3 Å². The van der Waals surface area contributed by atoms with Crippen molar-refractivity contribution in [2.75, 3.05) is 0 Å². The van der Waals surface area contributed by atoms with E-state index in [-0.39, 0.29) is 24.1 Å². The predicted molar refractivity (Wildman–Crippen MR) is 88.2 cm³/mol. The van der Waals surface area contributed by atoms with Gasteiger partial charge in [0.25, 0.3) is 5.56 Å². The highest BCUT2D eigenvalue weighted by molar-refractivity contribution is 6.30. The van der Waals surface area contributed by atoms with Crippen molar-refractivity contribution in [3.8, 4) is 6.07 Å². The number of pyridine rings is 1. The summed E-state index contributed by atoms with van der Waals surface area (Å²) in [6, 6.07) is 10.5. The fraction of sp³-hybridized carbons (Fsp3) is 0.235. The molecule has 0 fully saturated rings. The Hall–Kier alpha value is -2.58. The molecule has 0 aliphatic heterocycles. The van der Waals surface area contributed by atoms with Gasteiger partial charge in [-0.15, -0.1) is 0 Å². The summed E-state index contributed by atoms with van der Waals surface area (Å²) in [5, 5.41) is 12.4. The molecule has 0 aliphatic rings. The quantitative estimate of drug-likeness (QED) is 0.936. The van der Waals surface area contributed by atoms with E-state index in [1.165, 1.54) is 10.8 Å². The molecule has 1 N–H and O–H groups in total. The van der Waals surface area contributed by atoms with Crippen molar-refractivity contribution in [3.05, 3.63) is 68.6 Å². The third-order valence-corrected chi connectivity index (χ3v) is 3.80. The molecule has 6 heteroatoms. The third kappa shape index (κ3) is 3.99. The first-order chi connectivity index (χ1) is 10.9. The highest BCUT2D eigenvalue weighted by Gasteiger charge is 2.12. The first kappa shape index (κ1) is 16.8. The van der Waals surface area contributed by atoms with Crippen LogP contribution in [-0.2, 0) is 11.3 Å². The van der Waals surface area contributed by atoms with Gasteiger partial charge in [0.15, 0.2) is 0 Å². The number of nitrogens with zero attached hydrogens (tertiary/aromatic N) is 2. The van der Waals surface area contributed by atoms with E-state index in [0.717, 1.165) is 5.56 Å². The van der Waals surface area contributed by atoms with Crippen molar-refractivity contribution < 1.29 is 4.79 Å². The standard InChI is InChI=1S/C17H16ClN3O2/c1-11-7-8-21(17(23)15(11)9-19)10-16(22)20-12(2)13-3-5-14(18)6-4-13/h3-8,12H,10H2,1-2H3,(H,20,22). The molecule has 1 aromatic heterocycles. The lowest BCUT2D eigenvalue weighted by Gasteiger charge is -2.15. The van der Waals surface area contributed by atoms with Crippen LogP contribution in [0.4, 0.5) is 0 Å². The number of rotatable bonds is 4. The number of benzene rings is 1. The average molecular weight is 330 g/mol. The Bertz CT molecular complexity index is 819. The highest BCUT2D eigenvalue weighted by Crippen LogP contribution is 2.15. The Kier molecular flexibility index (Phi) is 5.20. The molecule has 0 saturated heterocycles. The van der Waals surface area contributed by atoms with Gasteiger partial charge in [-0.25, -0.2) is 0 Å². The number of hydrogen-bond acceptors (Lipinski definition) is 3. The molecule has 1 atom stereocenters. The van der Waals surface area contributed by atoms with Crippen LogP contribution in [0.2, 0.25) is 5.02 Å². The SMILES string of the molecule is Cc1ccn(CC(=O)NC(C)c2ccc(Cl)cc2)c(=O)c1C#N. The molecule has 5 nitrogen and oxygen atoms in total. The molecule has 23 heavy (non-hydrogen) atoms. The predicted octanol–water partition coefficient (Wildman–Crippen LogP) is 2.56. The van der Waals surface area contributed by atoms with Gasteiger partial charge in [-0.3, -0.25) is 9.59 Å². The fourth-order valence-corrected chi connectivity index (χ4v) is 2.33. The second-order valence-corrected chi connectivity index (χ2v) is 5.70. The van der Waals surface area contributed by atoms with Gasteiger partial charge in [0.1, 0.15) is 18.2 Å². The van der Waals surface area contributed by atoms with Gasteiger partial charge in [0.05, 0.1) is 6.04 Å². The summed E-state index contributed by atoms with van der Waals surface area (Å²) in [4.78, 5) is 24.2. The second-order valence-electron chi connectivity index (χ2n) is 5.26. The Morgan fingerprint density at radius 1 is 1.35 bits per heavy atom. The van der Waals surface area contributed by atoms with Crippen LogP contribution in [0.1, 0.15) is 29.7 Å². The lowest BCUT2D eigenvalue weighted by atomic mass is 10.1.